The van der Waals surface area contributed by atoms with Crippen LogP contribution in [0.4, 0.5) is 0 Å². The van der Waals surface area contributed by atoms with Crippen molar-refractivity contribution in [3.05, 3.63) is 41.7 Å². The third-order valence-electron chi connectivity index (χ3n) is 4.34. The molecule has 1 aromatic heterocycles. The topological polar surface area (TPSA) is 88.3 Å². The molecule has 1 unspecified atom stereocenters. The third kappa shape index (κ3) is 3.15. The van der Waals surface area contributed by atoms with E-state index in [9.17, 15) is 13.5 Å². The fraction of sp³-hybridized carbons (Fsp3) is 0.467. The molecule has 2 aromatic rings. The van der Waals surface area contributed by atoms with Crippen LogP contribution in [0.3, 0.4) is 0 Å². The Balaban J connectivity index is 1.80. The number of β-amino-alcohol motifs (C(OH)–C–C–N with tert-alkyl or cyclic N) is 1. The zero-order valence-corrected chi connectivity index (χ0v) is 14.0. The van der Waals surface area contributed by atoms with Gasteiger partial charge in [-0.05, 0) is 43.5 Å². The minimum atomic E-state index is -3.60. The van der Waals surface area contributed by atoms with Crippen molar-refractivity contribution in [3.63, 3.8) is 0 Å². The van der Waals surface area contributed by atoms with Gasteiger partial charge >= 0.3 is 0 Å². The standard InChI is InChI=1S/C15H20N4O3S/c1-12-3-4-14(9-13(12)2)23(21,22)19-7-5-15(20,11-19)10-18-8-6-16-17-18/h3-4,6,8-9,20H,5,7,10-11H2,1-2H3. The lowest BCUT2D eigenvalue weighted by Crippen LogP contribution is -2.39. The van der Waals surface area contributed by atoms with Crippen molar-refractivity contribution in [3.8, 4) is 0 Å². The summed E-state index contributed by atoms with van der Waals surface area (Å²) < 4.78 is 28.4. The van der Waals surface area contributed by atoms with Gasteiger partial charge in [0.2, 0.25) is 10.0 Å². The van der Waals surface area contributed by atoms with Gasteiger partial charge < -0.3 is 5.11 Å². The number of aliphatic hydroxyl groups is 1. The molecule has 1 atom stereocenters. The van der Waals surface area contributed by atoms with E-state index in [2.05, 4.69) is 10.3 Å². The molecule has 1 aliphatic rings. The van der Waals surface area contributed by atoms with Gasteiger partial charge in [0.1, 0.15) is 0 Å². The predicted molar refractivity (Wildman–Crippen MR) is 84.3 cm³/mol. The first kappa shape index (κ1) is 16.1. The Hall–Kier alpha value is -1.77. The molecule has 3 rings (SSSR count). The normalized spacial score (nSPS) is 22.6. The second-order valence-corrected chi connectivity index (χ2v) is 8.10. The number of sulfonamides is 1. The summed E-state index contributed by atoms with van der Waals surface area (Å²) in [6.07, 6.45) is 3.55. The summed E-state index contributed by atoms with van der Waals surface area (Å²) >= 11 is 0. The Morgan fingerprint density at radius 1 is 1.30 bits per heavy atom. The van der Waals surface area contributed by atoms with E-state index in [1.165, 1.54) is 15.2 Å². The highest BCUT2D eigenvalue weighted by Gasteiger charge is 2.42. The fourth-order valence-electron chi connectivity index (χ4n) is 2.80. The van der Waals surface area contributed by atoms with Gasteiger partial charge in [-0.3, -0.25) is 0 Å². The van der Waals surface area contributed by atoms with Crippen molar-refractivity contribution >= 4 is 10.0 Å². The predicted octanol–water partition coefficient (Wildman–Crippen LogP) is 0.721. The number of aryl methyl sites for hydroxylation is 2. The van der Waals surface area contributed by atoms with Crippen LogP contribution in [0.2, 0.25) is 0 Å². The highest BCUT2D eigenvalue weighted by Crippen LogP contribution is 2.29. The Morgan fingerprint density at radius 2 is 2.09 bits per heavy atom. The summed E-state index contributed by atoms with van der Waals surface area (Å²) in [5.41, 5.74) is 0.858. The number of hydrogen-bond donors (Lipinski definition) is 1. The van der Waals surface area contributed by atoms with Gasteiger partial charge in [0.15, 0.2) is 0 Å². The minimum Gasteiger partial charge on any atom is -0.387 e. The zero-order valence-electron chi connectivity index (χ0n) is 13.2. The Bertz CT molecular complexity index is 804. The van der Waals surface area contributed by atoms with E-state index in [0.717, 1.165) is 11.1 Å². The number of nitrogens with zero attached hydrogens (tertiary/aromatic N) is 4. The second-order valence-electron chi connectivity index (χ2n) is 6.16. The Morgan fingerprint density at radius 3 is 2.74 bits per heavy atom. The molecule has 0 amide bonds. The average Bonchev–Trinajstić information content (AvgIpc) is 3.12. The van der Waals surface area contributed by atoms with Gasteiger partial charge in [-0.2, -0.15) is 4.31 Å². The largest absolute Gasteiger partial charge is 0.387 e. The van der Waals surface area contributed by atoms with Crippen LogP contribution in [-0.2, 0) is 16.6 Å². The van der Waals surface area contributed by atoms with Gasteiger partial charge in [0, 0.05) is 19.3 Å². The van der Waals surface area contributed by atoms with Crippen LogP contribution in [0.15, 0.2) is 35.5 Å². The van der Waals surface area contributed by atoms with Gasteiger partial charge in [-0.25, -0.2) is 13.1 Å². The van der Waals surface area contributed by atoms with Gasteiger partial charge in [-0.15, -0.1) is 5.10 Å². The first-order chi connectivity index (χ1) is 10.8. The minimum absolute atomic E-state index is 0.0577. The first-order valence-electron chi connectivity index (χ1n) is 7.44. The van der Waals surface area contributed by atoms with Crippen LogP contribution in [0.1, 0.15) is 17.5 Å². The average molecular weight is 336 g/mol. The lowest BCUT2D eigenvalue weighted by Gasteiger charge is -2.23. The number of rotatable bonds is 4. The lowest BCUT2D eigenvalue weighted by molar-refractivity contribution is 0.0341. The maximum absolute atomic E-state index is 12.8. The molecule has 1 aliphatic heterocycles. The number of benzene rings is 1. The highest BCUT2D eigenvalue weighted by atomic mass is 32.2. The number of aromatic nitrogens is 3. The van der Waals surface area contributed by atoms with E-state index in [4.69, 9.17) is 0 Å². The van der Waals surface area contributed by atoms with Crippen molar-refractivity contribution in [1.29, 1.82) is 0 Å². The van der Waals surface area contributed by atoms with E-state index in [1.807, 2.05) is 13.8 Å². The van der Waals surface area contributed by atoms with Crippen LogP contribution in [0.25, 0.3) is 0 Å². The molecule has 0 aliphatic carbocycles. The molecule has 2 heterocycles. The molecule has 0 bridgehead atoms. The number of hydrogen-bond acceptors (Lipinski definition) is 5. The summed E-state index contributed by atoms with van der Waals surface area (Å²) in [6, 6.07) is 5.10. The first-order valence-corrected chi connectivity index (χ1v) is 8.88. The van der Waals surface area contributed by atoms with Crippen molar-refractivity contribution in [1.82, 2.24) is 19.3 Å². The quantitative estimate of drug-likeness (QED) is 0.889. The monoisotopic (exact) mass is 336 g/mol. The molecule has 8 heteroatoms. The van der Waals surface area contributed by atoms with Gasteiger partial charge in [-0.1, -0.05) is 11.3 Å². The van der Waals surface area contributed by atoms with Crippen molar-refractivity contribution in [2.45, 2.75) is 37.3 Å². The third-order valence-corrected chi connectivity index (χ3v) is 6.18. The lowest BCUT2D eigenvalue weighted by atomic mass is 10.0. The molecule has 1 fully saturated rings. The summed E-state index contributed by atoms with van der Waals surface area (Å²) in [5.74, 6) is 0. The van der Waals surface area contributed by atoms with Crippen molar-refractivity contribution in [2.24, 2.45) is 0 Å². The molecule has 124 valence electrons. The summed E-state index contributed by atoms with van der Waals surface area (Å²) in [7, 11) is -3.60. The van der Waals surface area contributed by atoms with Gasteiger partial charge in [0.05, 0.1) is 23.2 Å². The van der Waals surface area contributed by atoms with E-state index in [1.54, 1.807) is 24.4 Å². The molecule has 1 N–H and O–H groups in total. The molecule has 23 heavy (non-hydrogen) atoms. The van der Waals surface area contributed by atoms with E-state index in [0.29, 0.717) is 13.0 Å². The van der Waals surface area contributed by atoms with Crippen LogP contribution in [0.5, 0.6) is 0 Å². The summed E-state index contributed by atoms with van der Waals surface area (Å²) in [6.45, 7) is 4.41. The Kier molecular flexibility index (Phi) is 3.99. The summed E-state index contributed by atoms with van der Waals surface area (Å²) in [4.78, 5) is 0.269. The fourth-order valence-corrected chi connectivity index (χ4v) is 4.40. The maximum Gasteiger partial charge on any atom is 0.243 e. The van der Waals surface area contributed by atoms with Gasteiger partial charge in [0.25, 0.3) is 0 Å². The van der Waals surface area contributed by atoms with Crippen molar-refractivity contribution in [2.75, 3.05) is 13.1 Å². The van der Waals surface area contributed by atoms with E-state index >= 15 is 0 Å². The summed E-state index contributed by atoms with van der Waals surface area (Å²) in [5, 5.41) is 18.2. The molecular weight excluding hydrogens is 316 g/mol. The maximum atomic E-state index is 12.8. The SMILES string of the molecule is Cc1ccc(S(=O)(=O)N2CCC(O)(Cn3ccnn3)C2)cc1C. The molecule has 1 saturated heterocycles. The zero-order chi connectivity index (χ0) is 16.7. The molecule has 0 spiro atoms. The van der Waals surface area contributed by atoms with Crippen LogP contribution >= 0.6 is 0 Å². The Labute approximate surface area is 135 Å². The van der Waals surface area contributed by atoms with Crippen molar-refractivity contribution < 1.29 is 13.5 Å². The second kappa shape index (κ2) is 5.70. The smallest absolute Gasteiger partial charge is 0.243 e. The van der Waals surface area contributed by atoms with Crippen LogP contribution in [0, 0.1) is 13.8 Å². The van der Waals surface area contributed by atoms with Crippen LogP contribution < -0.4 is 0 Å². The van der Waals surface area contributed by atoms with E-state index < -0.39 is 15.6 Å². The molecule has 0 radical (unpaired) electrons. The van der Waals surface area contributed by atoms with Crippen LogP contribution in [-0.4, -0.2) is 51.5 Å². The molecule has 7 nitrogen and oxygen atoms in total. The van der Waals surface area contributed by atoms with E-state index in [-0.39, 0.29) is 18.0 Å². The molecular formula is C15H20N4O3S. The molecule has 0 saturated carbocycles. The molecule has 1 aromatic carbocycles. The highest BCUT2D eigenvalue weighted by molar-refractivity contribution is 7.89.